The zero-order valence-electron chi connectivity index (χ0n) is 13.7. The topological polar surface area (TPSA) is 41.6 Å². The van der Waals surface area contributed by atoms with E-state index < -0.39 is 0 Å². The van der Waals surface area contributed by atoms with Crippen molar-refractivity contribution in [3.63, 3.8) is 0 Å². The van der Waals surface area contributed by atoms with E-state index in [1.54, 1.807) is 6.07 Å². The lowest BCUT2D eigenvalue weighted by atomic mass is 9.96. The minimum atomic E-state index is -0.0130. The Morgan fingerprint density at radius 3 is 2.71 bits per heavy atom. The molecule has 124 valence electrons. The predicted molar refractivity (Wildman–Crippen MR) is 93.4 cm³/mol. The van der Waals surface area contributed by atoms with Gasteiger partial charge in [-0.25, -0.2) is 0 Å². The molecule has 1 amide bonds. The van der Waals surface area contributed by atoms with Crippen molar-refractivity contribution in [3.8, 4) is 11.5 Å². The summed E-state index contributed by atoms with van der Waals surface area (Å²) < 4.78 is 5.82. The van der Waals surface area contributed by atoms with Crippen molar-refractivity contribution in [2.75, 3.05) is 19.6 Å². The standard InChI is InChI=1S/C20H22N2O2/c23-20(21-17-11-15-9-10-22(13-15)14-17)16-5-4-8-19(12-16)24-18-6-2-1-3-7-18/h1-8,12,15,17H,9-11,13-14H2,(H,21,23)/t15-,17+/m0/s1. The van der Waals surface area contributed by atoms with Crippen molar-refractivity contribution in [1.82, 2.24) is 10.2 Å². The fraction of sp³-hybridized carbons (Fsp3) is 0.350. The number of carbonyl (C=O) groups is 1. The second-order valence-corrected chi connectivity index (χ2v) is 6.76. The third-order valence-corrected chi connectivity index (χ3v) is 4.88. The van der Waals surface area contributed by atoms with Gasteiger partial charge in [0.05, 0.1) is 0 Å². The van der Waals surface area contributed by atoms with Crippen molar-refractivity contribution in [1.29, 1.82) is 0 Å². The summed E-state index contributed by atoms with van der Waals surface area (Å²) in [6.45, 7) is 3.35. The third-order valence-electron chi connectivity index (χ3n) is 4.88. The van der Waals surface area contributed by atoms with E-state index in [9.17, 15) is 4.79 Å². The van der Waals surface area contributed by atoms with Crippen LogP contribution in [0.2, 0.25) is 0 Å². The highest BCUT2D eigenvalue weighted by Crippen LogP contribution is 2.27. The first kappa shape index (κ1) is 15.2. The van der Waals surface area contributed by atoms with E-state index in [0.29, 0.717) is 11.3 Å². The molecule has 2 saturated heterocycles. The predicted octanol–water partition coefficient (Wildman–Crippen LogP) is 3.30. The van der Waals surface area contributed by atoms with Gasteiger partial charge in [-0.15, -0.1) is 0 Å². The second-order valence-electron chi connectivity index (χ2n) is 6.76. The Morgan fingerprint density at radius 2 is 1.88 bits per heavy atom. The molecule has 24 heavy (non-hydrogen) atoms. The molecule has 4 heteroatoms. The fourth-order valence-electron chi connectivity index (χ4n) is 3.76. The number of ether oxygens (including phenoxy) is 1. The molecule has 2 bridgehead atoms. The van der Waals surface area contributed by atoms with Crippen LogP contribution < -0.4 is 10.1 Å². The van der Waals surface area contributed by atoms with E-state index in [-0.39, 0.29) is 11.9 Å². The first-order valence-electron chi connectivity index (χ1n) is 8.62. The lowest BCUT2D eigenvalue weighted by molar-refractivity contribution is 0.0909. The molecule has 1 unspecified atom stereocenters. The Bertz CT molecular complexity index is 705. The molecule has 0 aliphatic carbocycles. The van der Waals surface area contributed by atoms with Crippen molar-refractivity contribution >= 4 is 5.91 Å². The molecule has 0 aromatic heterocycles. The van der Waals surface area contributed by atoms with Crippen LogP contribution in [0.1, 0.15) is 23.2 Å². The number of hydrogen-bond acceptors (Lipinski definition) is 3. The zero-order valence-corrected chi connectivity index (χ0v) is 13.7. The van der Waals surface area contributed by atoms with Gasteiger partial charge in [0, 0.05) is 24.7 Å². The number of benzene rings is 2. The number of nitrogens with zero attached hydrogens (tertiary/aromatic N) is 1. The van der Waals surface area contributed by atoms with Crippen LogP contribution in [0.25, 0.3) is 0 Å². The number of para-hydroxylation sites is 1. The maximum absolute atomic E-state index is 12.6. The number of amides is 1. The average molecular weight is 322 g/mol. The first-order chi connectivity index (χ1) is 11.8. The third kappa shape index (κ3) is 3.44. The lowest BCUT2D eigenvalue weighted by Crippen LogP contribution is -2.47. The molecule has 2 heterocycles. The quantitative estimate of drug-likeness (QED) is 0.939. The monoisotopic (exact) mass is 322 g/mol. The van der Waals surface area contributed by atoms with Crippen LogP contribution in [0.4, 0.5) is 0 Å². The zero-order chi connectivity index (χ0) is 16.4. The number of piperidine rings is 1. The number of carbonyl (C=O) groups excluding carboxylic acids is 1. The van der Waals surface area contributed by atoms with Crippen molar-refractivity contribution in [3.05, 3.63) is 60.2 Å². The Kier molecular flexibility index (Phi) is 4.22. The Hall–Kier alpha value is -2.33. The molecule has 0 saturated carbocycles. The SMILES string of the molecule is O=C(N[C@@H]1C[C@@H]2CCN(C2)C1)c1cccc(Oc2ccccc2)c1. The second kappa shape index (κ2) is 6.65. The molecular weight excluding hydrogens is 300 g/mol. The van der Waals surface area contributed by atoms with E-state index >= 15 is 0 Å². The maximum Gasteiger partial charge on any atom is 0.251 e. The maximum atomic E-state index is 12.6. The molecule has 3 atom stereocenters. The Labute approximate surface area is 142 Å². The van der Waals surface area contributed by atoms with Crippen LogP contribution in [0, 0.1) is 5.92 Å². The van der Waals surface area contributed by atoms with Crippen LogP contribution in [0.3, 0.4) is 0 Å². The summed E-state index contributed by atoms with van der Waals surface area (Å²) in [5.74, 6) is 2.19. The van der Waals surface area contributed by atoms with Gasteiger partial charge in [-0.2, -0.15) is 0 Å². The average Bonchev–Trinajstić information content (AvgIpc) is 2.94. The first-order valence-corrected chi connectivity index (χ1v) is 8.62. The molecule has 2 aliphatic heterocycles. The van der Waals surface area contributed by atoms with E-state index in [1.165, 1.54) is 19.5 Å². The highest BCUT2D eigenvalue weighted by atomic mass is 16.5. The minimum absolute atomic E-state index is 0.0130. The molecule has 2 aliphatic rings. The van der Waals surface area contributed by atoms with Gasteiger partial charge in [-0.1, -0.05) is 24.3 Å². The molecule has 0 radical (unpaired) electrons. The number of nitrogens with one attached hydrogen (secondary N) is 1. The van der Waals surface area contributed by atoms with Crippen LogP contribution in [0.15, 0.2) is 54.6 Å². The van der Waals surface area contributed by atoms with Crippen LogP contribution in [0.5, 0.6) is 11.5 Å². The summed E-state index contributed by atoms with van der Waals surface area (Å²) >= 11 is 0. The normalized spacial score (nSPS) is 25.2. The van der Waals surface area contributed by atoms with Crippen molar-refractivity contribution < 1.29 is 9.53 Å². The van der Waals surface area contributed by atoms with Gasteiger partial charge in [0.2, 0.25) is 0 Å². The molecule has 2 fully saturated rings. The largest absolute Gasteiger partial charge is 0.457 e. The Morgan fingerprint density at radius 1 is 1.04 bits per heavy atom. The fourth-order valence-corrected chi connectivity index (χ4v) is 3.76. The van der Waals surface area contributed by atoms with Gasteiger partial charge in [0.25, 0.3) is 5.91 Å². The number of hydrogen-bond donors (Lipinski definition) is 1. The van der Waals surface area contributed by atoms with E-state index in [1.807, 2.05) is 48.5 Å². The van der Waals surface area contributed by atoms with Crippen LogP contribution in [-0.2, 0) is 0 Å². The summed E-state index contributed by atoms with van der Waals surface area (Å²) in [7, 11) is 0. The van der Waals surface area contributed by atoms with E-state index in [4.69, 9.17) is 4.74 Å². The summed E-state index contributed by atoms with van der Waals surface area (Å²) in [6, 6.07) is 17.2. The molecule has 4 nitrogen and oxygen atoms in total. The molecule has 4 rings (SSSR count). The molecule has 1 N–H and O–H groups in total. The molecule has 2 aromatic rings. The molecule has 0 spiro atoms. The van der Waals surface area contributed by atoms with Gasteiger partial charge < -0.3 is 15.0 Å². The molecular formula is C20H22N2O2. The minimum Gasteiger partial charge on any atom is -0.457 e. The van der Waals surface area contributed by atoms with Gasteiger partial charge in [0.15, 0.2) is 0 Å². The number of rotatable bonds is 4. The molecule has 2 aromatic carbocycles. The summed E-state index contributed by atoms with van der Waals surface area (Å²) in [5, 5.41) is 3.19. The van der Waals surface area contributed by atoms with Crippen LogP contribution >= 0.6 is 0 Å². The van der Waals surface area contributed by atoms with Crippen LogP contribution in [-0.4, -0.2) is 36.5 Å². The Balaban J connectivity index is 1.42. The lowest BCUT2D eigenvalue weighted by Gasteiger charge is -2.30. The van der Waals surface area contributed by atoms with Gasteiger partial charge in [-0.05, 0) is 55.6 Å². The van der Waals surface area contributed by atoms with E-state index in [2.05, 4.69) is 10.2 Å². The summed E-state index contributed by atoms with van der Waals surface area (Å²) in [6.07, 6.45) is 2.37. The number of fused-ring (bicyclic) bond motifs is 2. The highest BCUT2D eigenvalue weighted by molar-refractivity contribution is 5.94. The van der Waals surface area contributed by atoms with Gasteiger partial charge >= 0.3 is 0 Å². The van der Waals surface area contributed by atoms with Crippen molar-refractivity contribution in [2.24, 2.45) is 5.92 Å². The van der Waals surface area contributed by atoms with Gasteiger partial charge in [0.1, 0.15) is 11.5 Å². The smallest absolute Gasteiger partial charge is 0.251 e. The van der Waals surface area contributed by atoms with Crippen molar-refractivity contribution in [2.45, 2.75) is 18.9 Å². The highest BCUT2D eigenvalue weighted by Gasteiger charge is 2.32. The van der Waals surface area contributed by atoms with Gasteiger partial charge in [-0.3, -0.25) is 4.79 Å². The van der Waals surface area contributed by atoms with E-state index in [0.717, 1.165) is 24.6 Å². The summed E-state index contributed by atoms with van der Waals surface area (Å²) in [5.41, 5.74) is 0.649. The summed E-state index contributed by atoms with van der Waals surface area (Å²) in [4.78, 5) is 15.0.